The van der Waals surface area contributed by atoms with Crippen LogP contribution in [0.15, 0.2) is 54.6 Å². The highest BCUT2D eigenvalue weighted by molar-refractivity contribution is 5.74. The number of aliphatic carboxylic acids is 1. The molecule has 0 amide bonds. The van der Waals surface area contributed by atoms with Gasteiger partial charge in [0.1, 0.15) is 5.82 Å². The molecule has 2 aromatic carbocycles. The number of aliphatic hydroxyl groups excluding tert-OH is 1. The molecule has 0 saturated carbocycles. The molecule has 0 bridgehead atoms. The summed E-state index contributed by atoms with van der Waals surface area (Å²) in [5.74, 6) is -1.83. The molecule has 0 aliphatic rings. The normalized spacial score (nSPS) is 13.5. The Balaban J connectivity index is 2.44. The number of nitrogens with zero attached hydrogens (tertiary/aromatic N) is 1. The second kappa shape index (κ2) is 6.37. The van der Waals surface area contributed by atoms with E-state index >= 15 is 0 Å². The number of likely N-dealkylation sites (N-methyl/N-ethyl adjacent to an activating group) is 1. The van der Waals surface area contributed by atoms with Crippen molar-refractivity contribution in [3.63, 3.8) is 0 Å². The number of carboxylic acids is 1. The lowest BCUT2D eigenvalue weighted by Gasteiger charge is -2.32. The molecule has 4 nitrogen and oxygen atoms in total. The molecule has 0 aliphatic heterocycles. The van der Waals surface area contributed by atoms with Gasteiger partial charge in [0.2, 0.25) is 0 Å². The van der Waals surface area contributed by atoms with Gasteiger partial charge in [0, 0.05) is 12.7 Å². The Labute approximate surface area is 122 Å². The topological polar surface area (TPSA) is 60.8 Å². The zero-order valence-electron chi connectivity index (χ0n) is 11.5. The number of carbonyl (C=O) groups is 1. The summed E-state index contributed by atoms with van der Waals surface area (Å²) in [4.78, 5) is 12.8. The van der Waals surface area contributed by atoms with E-state index in [4.69, 9.17) is 5.11 Å². The Kier molecular flexibility index (Phi) is 4.55. The first-order chi connectivity index (χ1) is 10.0. The lowest BCUT2D eigenvalue weighted by molar-refractivity contribution is -0.147. The summed E-state index contributed by atoms with van der Waals surface area (Å²) in [5.41, 5.74) is 1.13. The first-order valence-corrected chi connectivity index (χ1v) is 6.45. The van der Waals surface area contributed by atoms with Gasteiger partial charge >= 0.3 is 5.97 Å². The summed E-state index contributed by atoms with van der Waals surface area (Å²) < 4.78 is 13.4. The van der Waals surface area contributed by atoms with Crippen LogP contribution in [0.2, 0.25) is 0 Å². The van der Waals surface area contributed by atoms with E-state index in [1.165, 1.54) is 18.2 Å². The van der Waals surface area contributed by atoms with E-state index in [9.17, 15) is 14.3 Å². The van der Waals surface area contributed by atoms with Crippen molar-refractivity contribution in [2.24, 2.45) is 0 Å². The molecule has 2 rings (SSSR count). The number of para-hydroxylation sites is 1. The third-order valence-electron chi connectivity index (χ3n) is 3.32. The number of aliphatic hydroxyl groups is 1. The van der Waals surface area contributed by atoms with Gasteiger partial charge in [-0.05, 0) is 29.8 Å². The molecule has 0 radical (unpaired) electrons. The van der Waals surface area contributed by atoms with Crippen LogP contribution in [0.25, 0.3) is 0 Å². The highest BCUT2D eigenvalue weighted by atomic mass is 19.1. The summed E-state index contributed by atoms with van der Waals surface area (Å²) in [6.45, 7) is 0. The van der Waals surface area contributed by atoms with Gasteiger partial charge in [-0.25, -0.2) is 9.18 Å². The van der Waals surface area contributed by atoms with E-state index < -0.39 is 23.9 Å². The summed E-state index contributed by atoms with van der Waals surface area (Å²) >= 11 is 0. The van der Waals surface area contributed by atoms with Gasteiger partial charge in [-0.15, -0.1) is 0 Å². The maximum Gasteiger partial charge on any atom is 0.335 e. The predicted octanol–water partition coefficient (Wildman–Crippen LogP) is 2.45. The number of anilines is 1. The van der Waals surface area contributed by atoms with Crippen LogP contribution in [0.4, 0.5) is 10.1 Å². The molecule has 0 aliphatic carbocycles. The largest absolute Gasteiger partial charge is 0.479 e. The fraction of sp³-hybridized carbons (Fsp3) is 0.188. The smallest absolute Gasteiger partial charge is 0.335 e. The van der Waals surface area contributed by atoms with Gasteiger partial charge in [-0.2, -0.15) is 0 Å². The van der Waals surface area contributed by atoms with E-state index in [1.807, 2.05) is 18.2 Å². The maximum absolute atomic E-state index is 13.4. The Bertz CT molecular complexity index is 618. The minimum absolute atomic E-state index is 0.399. The van der Waals surface area contributed by atoms with Crippen LogP contribution >= 0.6 is 0 Å². The van der Waals surface area contributed by atoms with Crippen LogP contribution in [-0.2, 0) is 4.79 Å². The SMILES string of the molecule is CN(c1ccccc1)C(c1cccc(F)c1)C(O)C(=O)O. The number of hydrogen-bond donors (Lipinski definition) is 2. The molecular formula is C16H16FNO3. The number of hydrogen-bond acceptors (Lipinski definition) is 3. The van der Waals surface area contributed by atoms with Crippen molar-refractivity contribution >= 4 is 11.7 Å². The molecule has 0 heterocycles. The number of carboxylic acid groups (broad SMARTS) is 1. The average Bonchev–Trinajstić information content (AvgIpc) is 2.48. The standard InChI is InChI=1S/C16H16FNO3/c1-18(13-8-3-2-4-9-13)14(15(19)16(20)21)11-6-5-7-12(17)10-11/h2-10,14-15,19H,1H3,(H,20,21). The fourth-order valence-corrected chi connectivity index (χ4v) is 2.27. The van der Waals surface area contributed by atoms with Crippen molar-refractivity contribution < 1.29 is 19.4 Å². The summed E-state index contributed by atoms with van der Waals surface area (Å²) in [6, 6.07) is 13.7. The number of halogens is 1. The number of benzene rings is 2. The molecule has 2 atom stereocenters. The molecular weight excluding hydrogens is 273 g/mol. The van der Waals surface area contributed by atoms with Gasteiger partial charge in [0.25, 0.3) is 0 Å². The molecule has 0 saturated heterocycles. The molecule has 21 heavy (non-hydrogen) atoms. The van der Waals surface area contributed by atoms with Crippen molar-refractivity contribution in [3.8, 4) is 0 Å². The first kappa shape index (κ1) is 15.0. The fourth-order valence-electron chi connectivity index (χ4n) is 2.27. The zero-order valence-corrected chi connectivity index (χ0v) is 11.5. The van der Waals surface area contributed by atoms with Gasteiger partial charge in [-0.1, -0.05) is 30.3 Å². The molecule has 5 heteroatoms. The van der Waals surface area contributed by atoms with Gasteiger partial charge in [0.15, 0.2) is 6.10 Å². The van der Waals surface area contributed by atoms with Gasteiger partial charge in [0.05, 0.1) is 6.04 Å². The van der Waals surface area contributed by atoms with Gasteiger partial charge < -0.3 is 15.1 Å². The minimum Gasteiger partial charge on any atom is -0.479 e. The van der Waals surface area contributed by atoms with Crippen molar-refractivity contribution in [2.45, 2.75) is 12.1 Å². The Hall–Kier alpha value is -2.40. The Morgan fingerprint density at radius 3 is 2.38 bits per heavy atom. The van der Waals surface area contributed by atoms with E-state index in [1.54, 1.807) is 30.1 Å². The molecule has 0 aromatic heterocycles. The quantitative estimate of drug-likeness (QED) is 0.887. The van der Waals surface area contributed by atoms with E-state index in [-0.39, 0.29) is 0 Å². The highest BCUT2D eigenvalue weighted by Crippen LogP contribution is 2.29. The lowest BCUT2D eigenvalue weighted by atomic mass is 9.99. The van der Waals surface area contributed by atoms with Crippen LogP contribution in [-0.4, -0.2) is 29.3 Å². The summed E-state index contributed by atoms with van der Waals surface area (Å²) in [5, 5.41) is 19.1. The zero-order chi connectivity index (χ0) is 15.4. The van der Waals surface area contributed by atoms with E-state index in [2.05, 4.69) is 0 Å². The second-order valence-electron chi connectivity index (χ2n) is 4.73. The van der Waals surface area contributed by atoms with Crippen molar-refractivity contribution in [1.82, 2.24) is 0 Å². The molecule has 2 N–H and O–H groups in total. The van der Waals surface area contributed by atoms with Crippen LogP contribution < -0.4 is 4.90 Å². The highest BCUT2D eigenvalue weighted by Gasteiger charge is 2.31. The number of rotatable bonds is 5. The van der Waals surface area contributed by atoms with Crippen LogP contribution in [0.3, 0.4) is 0 Å². The molecule has 0 fully saturated rings. The monoisotopic (exact) mass is 289 g/mol. The van der Waals surface area contributed by atoms with Gasteiger partial charge in [-0.3, -0.25) is 0 Å². The Morgan fingerprint density at radius 1 is 1.14 bits per heavy atom. The third kappa shape index (κ3) is 3.38. The predicted molar refractivity (Wildman–Crippen MR) is 77.6 cm³/mol. The second-order valence-corrected chi connectivity index (χ2v) is 4.73. The van der Waals surface area contributed by atoms with E-state index in [0.29, 0.717) is 5.56 Å². The maximum atomic E-state index is 13.4. The molecule has 0 spiro atoms. The molecule has 2 unspecified atom stereocenters. The van der Waals surface area contributed by atoms with Crippen LogP contribution in [0, 0.1) is 5.82 Å². The van der Waals surface area contributed by atoms with Crippen molar-refractivity contribution in [3.05, 3.63) is 66.0 Å². The molecule has 2 aromatic rings. The molecule has 110 valence electrons. The third-order valence-corrected chi connectivity index (χ3v) is 3.32. The van der Waals surface area contributed by atoms with Crippen LogP contribution in [0.5, 0.6) is 0 Å². The summed E-state index contributed by atoms with van der Waals surface area (Å²) in [6.07, 6.45) is -1.67. The average molecular weight is 289 g/mol. The summed E-state index contributed by atoms with van der Waals surface area (Å²) in [7, 11) is 1.66. The minimum atomic E-state index is -1.67. The lowest BCUT2D eigenvalue weighted by Crippen LogP contribution is -2.38. The Morgan fingerprint density at radius 2 is 1.81 bits per heavy atom. The van der Waals surface area contributed by atoms with E-state index in [0.717, 1.165) is 5.69 Å². The van der Waals surface area contributed by atoms with Crippen molar-refractivity contribution in [1.29, 1.82) is 0 Å². The first-order valence-electron chi connectivity index (χ1n) is 6.45. The van der Waals surface area contributed by atoms with Crippen LogP contribution in [0.1, 0.15) is 11.6 Å². The van der Waals surface area contributed by atoms with Crippen molar-refractivity contribution in [2.75, 3.05) is 11.9 Å².